The number of aliphatic imine (C=N–C) groups is 1. The first-order valence-corrected chi connectivity index (χ1v) is 9.72. The highest BCUT2D eigenvalue weighted by Gasteiger charge is 2.09. The van der Waals surface area contributed by atoms with Gasteiger partial charge in [-0.2, -0.15) is 0 Å². The zero-order chi connectivity index (χ0) is 20.2. The molecule has 2 heterocycles. The molecule has 2 aromatic heterocycles. The van der Waals surface area contributed by atoms with Gasteiger partial charge in [-0.1, -0.05) is 23.7 Å². The van der Waals surface area contributed by atoms with Gasteiger partial charge in [-0.3, -0.25) is 9.78 Å². The SMILES string of the molecule is CCNC(=NCC(=O)N(C)CCc1ccccn1)NCCc1ccc(Cl)nc1. The van der Waals surface area contributed by atoms with E-state index in [1.807, 2.05) is 31.2 Å². The molecule has 2 N–H and O–H groups in total. The maximum absolute atomic E-state index is 12.3. The number of pyridine rings is 2. The molecule has 7 nitrogen and oxygen atoms in total. The van der Waals surface area contributed by atoms with Gasteiger partial charge in [0.25, 0.3) is 0 Å². The van der Waals surface area contributed by atoms with Gasteiger partial charge in [0.15, 0.2) is 5.96 Å². The monoisotopic (exact) mass is 402 g/mol. The van der Waals surface area contributed by atoms with Crippen LogP contribution < -0.4 is 10.6 Å². The molecule has 0 fully saturated rings. The topological polar surface area (TPSA) is 82.5 Å². The average Bonchev–Trinajstić information content (AvgIpc) is 2.72. The first-order chi connectivity index (χ1) is 13.6. The Morgan fingerprint density at radius 3 is 2.71 bits per heavy atom. The third-order valence-electron chi connectivity index (χ3n) is 4.07. The Bertz CT molecular complexity index is 751. The van der Waals surface area contributed by atoms with Crippen LogP contribution in [0, 0.1) is 0 Å². The van der Waals surface area contributed by atoms with Gasteiger partial charge in [-0.05, 0) is 37.1 Å². The predicted octanol–water partition coefficient (Wildman–Crippen LogP) is 1.93. The van der Waals surface area contributed by atoms with Gasteiger partial charge in [0, 0.05) is 51.2 Å². The van der Waals surface area contributed by atoms with Gasteiger partial charge in [-0.25, -0.2) is 9.98 Å². The number of hydrogen-bond acceptors (Lipinski definition) is 4. The van der Waals surface area contributed by atoms with Gasteiger partial charge >= 0.3 is 0 Å². The second kappa shape index (κ2) is 11.9. The van der Waals surface area contributed by atoms with E-state index in [0.29, 0.717) is 24.2 Å². The third kappa shape index (κ3) is 7.92. The van der Waals surface area contributed by atoms with Crippen molar-refractivity contribution in [1.82, 2.24) is 25.5 Å². The number of halogens is 1. The molecule has 0 saturated heterocycles. The molecule has 0 aliphatic heterocycles. The molecule has 2 rings (SSSR count). The summed E-state index contributed by atoms with van der Waals surface area (Å²) in [5.74, 6) is 0.589. The summed E-state index contributed by atoms with van der Waals surface area (Å²) < 4.78 is 0. The van der Waals surface area contributed by atoms with Crippen molar-refractivity contribution >= 4 is 23.5 Å². The molecule has 0 unspecified atom stereocenters. The Labute approximate surface area is 171 Å². The molecule has 0 spiro atoms. The van der Waals surface area contributed by atoms with Gasteiger partial charge < -0.3 is 15.5 Å². The second-order valence-corrected chi connectivity index (χ2v) is 6.63. The van der Waals surface area contributed by atoms with E-state index in [1.54, 1.807) is 30.4 Å². The van der Waals surface area contributed by atoms with Crippen LogP contribution in [0.5, 0.6) is 0 Å². The Balaban J connectivity index is 1.77. The van der Waals surface area contributed by atoms with Crippen LogP contribution in [-0.4, -0.2) is 60.0 Å². The summed E-state index contributed by atoms with van der Waals surface area (Å²) in [7, 11) is 1.79. The van der Waals surface area contributed by atoms with Crippen molar-refractivity contribution in [2.45, 2.75) is 19.8 Å². The number of hydrogen-bond donors (Lipinski definition) is 2. The number of guanidine groups is 1. The summed E-state index contributed by atoms with van der Waals surface area (Å²) in [4.78, 5) is 26.7. The first-order valence-electron chi connectivity index (χ1n) is 9.35. The quantitative estimate of drug-likeness (QED) is 0.380. The summed E-state index contributed by atoms with van der Waals surface area (Å²) in [6.07, 6.45) is 5.02. The lowest BCUT2D eigenvalue weighted by atomic mass is 10.2. The highest BCUT2D eigenvalue weighted by Crippen LogP contribution is 2.05. The van der Waals surface area contributed by atoms with E-state index < -0.39 is 0 Å². The van der Waals surface area contributed by atoms with Crippen molar-refractivity contribution in [3.63, 3.8) is 0 Å². The molecule has 8 heteroatoms. The maximum Gasteiger partial charge on any atom is 0.244 e. The predicted molar refractivity (Wildman–Crippen MR) is 113 cm³/mol. The van der Waals surface area contributed by atoms with E-state index in [4.69, 9.17) is 11.6 Å². The molecular formula is C20H27ClN6O. The van der Waals surface area contributed by atoms with Crippen LogP contribution in [0.25, 0.3) is 0 Å². The number of likely N-dealkylation sites (N-methyl/N-ethyl adjacent to an activating group) is 1. The second-order valence-electron chi connectivity index (χ2n) is 6.25. The van der Waals surface area contributed by atoms with Crippen LogP contribution in [0.3, 0.4) is 0 Å². The minimum Gasteiger partial charge on any atom is -0.357 e. The van der Waals surface area contributed by atoms with Crippen LogP contribution >= 0.6 is 11.6 Å². The van der Waals surface area contributed by atoms with Crippen molar-refractivity contribution in [1.29, 1.82) is 0 Å². The number of nitrogens with zero attached hydrogens (tertiary/aromatic N) is 4. The highest BCUT2D eigenvalue weighted by molar-refractivity contribution is 6.29. The molecule has 0 saturated carbocycles. The number of amides is 1. The molecule has 0 radical (unpaired) electrons. The molecule has 28 heavy (non-hydrogen) atoms. The van der Waals surface area contributed by atoms with Crippen LogP contribution in [0.4, 0.5) is 0 Å². The van der Waals surface area contributed by atoms with E-state index in [2.05, 4.69) is 25.6 Å². The standard InChI is InChI=1S/C20H27ClN6O/c1-3-22-20(24-12-9-16-7-8-18(21)25-14-16)26-15-19(28)27(2)13-10-17-6-4-5-11-23-17/h4-8,11,14H,3,9-10,12-13,15H2,1-2H3,(H2,22,24,26). The molecule has 2 aromatic rings. The fraction of sp³-hybridized carbons (Fsp3) is 0.400. The zero-order valence-electron chi connectivity index (χ0n) is 16.4. The van der Waals surface area contributed by atoms with Crippen LogP contribution in [0.15, 0.2) is 47.7 Å². The number of nitrogens with one attached hydrogen (secondary N) is 2. The number of aromatic nitrogens is 2. The van der Waals surface area contributed by atoms with Gasteiger partial charge in [-0.15, -0.1) is 0 Å². The lowest BCUT2D eigenvalue weighted by Gasteiger charge is -2.16. The minimum absolute atomic E-state index is 0.0324. The normalized spacial score (nSPS) is 11.2. The minimum atomic E-state index is -0.0324. The Morgan fingerprint density at radius 2 is 2.04 bits per heavy atom. The van der Waals surface area contributed by atoms with E-state index in [9.17, 15) is 4.79 Å². The number of rotatable bonds is 9. The van der Waals surface area contributed by atoms with Crippen LogP contribution in [0.1, 0.15) is 18.2 Å². The summed E-state index contributed by atoms with van der Waals surface area (Å²) in [6, 6.07) is 9.51. The molecule has 0 aliphatic rings. The Morgan fingerprint density at radius 1 is 1.18 bits per heavy atom. The van der Waals surface area contributed by atoms with E-state index >= 15 is 0 Å². The van der Waals surface area contributed by atoms with Gasteiger partial charge in [0.1, 0.15) is 11.7 Å². The zero-order valence-corrected chi connectivity index (χ0v) is 17.1. The summed E-state index contributed by atoms with van der Waals surface area (Å²) in [6.45, 7) is 4.09. The Kier molecular flexibility index (Phi) is 9.21. The molecule has 150 valence electrons. The molecular weight excluding hydrogens is 376 g/mol. The van der Waals surface area contributed by atoms with Crippen molar-refractivity contribution in [3.8, 4) is 0 Å². The maximum atomic E-state index is 12.3. The highest BCUT2D eigenvalue weighted by atomic mass is 35.5. The van der Waals surface area contributed by atoms with Crippen molar-refractivity contribution in [3.05, 3.63) is 59.1 Å². The Hall–Kier alpha value is -2.67. The van der Waals surface area contributed by atoms with E-state index in [0.717, 1.165) is 30.6 Å². The third-order valence-corrected chi connectivity index (χ3v) is 4.29. The smallest absolute Gasteiger partial charge is 0.244 e. The largest absolute Gasteiger partial charge is 0.357 e. The molecule has 0 atom stereocenters. The fourth-order valence-corrected chi connectivity index (χ4v) is 2.55. The van der Waals surface area contributed by atoms with Crippen molar-refractivity contribution < 1.29 is 4.79 Å². The summed E-state index contributed by atoms with van der Waals surface area (Å²) in [5.41, 5.74) is 2.05. The average molecular weight is 403 g/mol. The molecule has 1 amide bonds. The van der Waals surface area contributed by atoms with Gasteiger partial charge in [0.2, 0.25) is 5.91 Å². The molecule has 0 aliphatic carbocycles. The van der Waals surface area contributed by atoms with Crippen molar-refractivity contribution in [2.75, 3.05) is 33.2 Å². The summed E-state index contributed by atoms with van der Waals surface area (Å²) in [5, 5.41) is 6.87. The van der Waals surface area contributed by atoms with Crippen LogP contribution in [0.2, 0.25) is 5.15 Å². The summed E-state index contributed by atoms with van der Waals surface area (Å²) >= 11 is 5.80. The first kappa shape index (κ1) is 21.6. The number of carbonyl (C=O) groups is 1. The van der Waals surface area contributed by atoms with Crippen molar-refractivity contribution in [2.24, 2.45) is 4.99 Å². The van der Waals surface area contributed by atoms with E-state index in [-0.39, 0.29) is 12.5 Å². The molecule has 0 aromatic carbocycles. The fourth-order valence-electron chi connectivity index (χ4n) is 2.44. The lowest BCUT2D eigenvalue weighted by Crippen LogP contribution is -2.39. The lowest BCUT2D eigenvalue weighted by molar-refractivity contribution is -0.128. The van der Waals surface area contributed by atoms with Gasteiger partial charge in [0.05, 0.1) is 0 Å². The number of carbonyl (C=O) groups excluding carboxylic acids is 1. The van der Waals surface area contributed by atoms with E-state index in [1.165, 1.54) is 0 Å². The molecule has 0 bridgehead atoms. The van der Waals surface area contributed by atoms with Crippen LogP contribution in [-0.2, 0) is 17.6 Å².